The van der Waals surface area contributed by atoms with E-state index >= 15 is 0 Å². The lowest BCUT2D eigenvalue weighted by atomic mass is 9.97. The molecule has 0 amide bonds. The third-order valence-corrected chi connectivity index (χ3v) is 6.51. The molecule has 3 aromatic carbocycles. The van der Waals surface area contributed by atoms with E-state index in [0.717, 1.165) is 39.4 Å². The summed E-state index contributed by atoms with van der Waals surface area (Å²) in [6, 6.07) is 21.6. The zero-order chi connectivity index (χ0) is 24.4. The Hall–Kier alpha value is -3.26. The summed E-state index contributed by atoms with van der Waals surface area (Å²) in [5.74, 6) is -3.10. The highest BCUT2D eigenvalue weighted by Crippen LogP contribution is 2.32. The number of halogens is 3. The summed E-state index contributed by atoms with van der Waals surface area (Å²) in [5, 5.41) is 13.0. The summed E-state index contributed by atoms with van der Waals surface area (Å²) in [4.78, 5) is 6.21. The van der Waals surface area contributed by atoms with Crippen LogP contribution < -0.4 is 5.32 Å². The lowest BCUT2D eigenvalue weighted by Gasteiger charge is -2.32. The van der Waals surface area contributed by atoms with Crippen LogP contribution in [0.15, 0.2) is 79.3 Å². The molecule has 5 nitrogen and oxygen atoms in total. The van der Waals surface area contributed by atoms with Crippen LogP contribution in [0.25, 0.3) is 16.9 Å². The highest BCUT2D eigenvalue weighted by atomic mass is 35.5. The maximum Gasteiger partial charge on any atom is 0.283 e. The minimum atomic E-state index is -3.10. The van der Waals surface area contributed by atoms with E-state index in [2.05, 4.69) is 10.3 Å². The van der Waals surface area contributed by atoms with Gasteiger partial charge >= 0.3 is 0 Å². The van der Waals surface area contributed by atoms with Gasteiger partial charge in [0.15, 0.2) is 0 Å². The summed E-state index contributed by atoms with van der Waals surface area (Å²) in [7, 11) is 0. The van der Waals surface area contributed by atoms with Gasteiger partial charge in [0.25, 0.3) is 5.92 Å². The van der Waals surface area contributed by atoms with E-state index in [1.165, 1.54) is 0 Å². The maximum atomic E-state index is 13.7. The molecule has 0 fully saturated rings. The van der Waals surface area contributed by atoms with E-state index in [0.29, 0.717) is 24.5 Å². The van der Waals surface area contributed by atoms with E-state index in [-0.39, 0.29) is 0 Å². The molecule has 1 aliphatic rings. The first-order valence-electron chi connectivity index (χ1n) is 11.4. The van der Waals surface area contributed by atoms with Crippen LogP contribution >= 0.6 is 11.6 Å². The molecule has 0 spiro atoms. The number of imidazole rings is 1. The SMILES string of the molecule is OCC(F)(F)CN1CCc2c(cccc2Nc2ccc(Cl)c(-n3cnc(-c4ccccc4)c3)c2)C1. The molecule has 2 heterocycles. The van der Waals surface area contributed by atoms with Crippen molar-refractivity contribution in [2.45, 2.75) is 18.9 Å². The number of hydrogen-bond acceptors (Lipinski definition) is 4. The van der Waals surface area contributed by atoms with Gasteiger partial charge < -0.3 is 15.0 Å². The van der Waals surface area contributed by atoms with Crippen LogP contribution in [-0.4, -0.2) is 45.2 Å². The summed E-state index contributed by atoms with van der Waals surface area (Å²) in [5.41, 5.74) is 6.61. The predicted molar refractivity (Wildman–Crippen MR) is 135 cm³/mol. The number of aliphatic hydroxyl groups is 1. The van der Waals surface area contributed by atoms with Crippen LogP contribution in [0.3, 0.4) is 0 Å². The van der Waals surface area contributed by atoms with Gasteiger partial charge in [-0.05, 0) is 41.8 Å². The Balaban J connectivity index is 1.37. The maximum absolute atomic E-state index is 13.7. The van der Waals surface area contributed by atoms with E-state index in [1.54, 1.807) is 11.2 Å². The van der Waals surface area contributed by atoms with E-state index in [1.807, 2.05) is 77.5 Å². The number of fused-ring (bicyclic) bond motifs is 1. The Bertz CT molecular complexity index is 1330. The predicted octanol–water partition coefficient (Wildman–Crippen LogP) is 5.92. The Morgan fingerprint density at radius 1 is 1.06 bits per heavy atom. The Kier molecular flexibility index (Phi) is 6.56. The molecule has 0 unspecified atom stereocenters. The van der Waals surface area contributed by atoms with Crippen LogP contribution in [0.5, 0.6) is 0 Å². The van der Waals surface area contributed by atoms with Crippen molar-refractivity contribution >= 4 is 23.0 Å². The van der Waals surface area contributed by atoms with Gasteiger partial charge in [0.05, 0.1) is 29.3 Å². The standard InChI is InChI=1S/C27H25ClF2N4O/c28-23-10-9-21(13-26(23)34-15-25(31-18-34)19-5-2-1-3-6-19)32-24-8-4-7-20-14-33(12-11-22(20)24)16-27(29,30)17-35/h1-10,13,15,18,32,35H,11-12,14,16-17H2. The topological polar surface area (TPSA) is 53.3 Å². The Labute approximate surface area is 207 Å². The summed E-state index contributed by atoms with van der Waals surface area (Å²) in [6.07, 6.45) is 4.33. The number of nitrogens with one attached hydrogen (secondary N) is 1. The second kappa shape index (κ2) is 9.77. The fourth-order valence-electron chi connectivity index (χ4n) is 4.45. The number of aromatic nitrogens is 2. The molecule has 0 radical (unpaired) electrons. The van der Waals surface area contributed by atoms with Gasteiger partial charge in [-0.25, -0.2) is 13.8 Å². The summed E-state index contributed by atoms with van der Waals surface area (Å²) in [6.45, 7) is -0.661. The monoisotopic (exact) mass is 494 g/mol. The molecular weight excluding hydrogens is 470 g/mol. The van der Waals surface area contributed by atoms with Crippen molar-refractivity contribution in [2.24, 2.45) is 0 Å². The highest BCUT2D eigenvalue weighted by Gasteiger charge is 2.32. The molecule has 5 rings (SSSR count). The summed E-state index contributed by atoms with van der Waals surface area (Å²) < 4.78 is 29.2. The number of hydrogen-bond donors (Lipinski definition) is 2. The molecule has 2 N–H and O–H groups in total. The van der Waals surface area contributed by atoms with E-state index < -0.39 is 19.1 Å². The van der Waals surface area contributed by atoms with Crippen molar-refractivity contribution < 1.29 is 13.9 Å². The molecule has 35 heavy (non-hydrogen) atoms. The first kappa shape index (κ1) is 23.5. The zero-order valence-corrected chi connectivity index (χ0v) is 19.7. The van der Waals surface area contributed by atoms with Gasteiger partial charge in [-0.1, -0.05) is 54.1 Å². The highest BCUT2D eigenvalue weighted by molar-refractivity contribution is 6.32. The summed E-state index contributed by atoms with van der Waals surface area (Å²) >= 11 is 6.52. The molecule has 0 aliphatic carbocycles. The van der Waals surface area contributed by atoms with Crippen LogP contribution in [0.4, 0.5) is 20.2 Å². The minimum Gasteiger partial charge on any atom is -0.390 e. The van der Waals surface area contributed by atoms with Gasteiger partial charge in [0, 0.05) is 36.2 Å². The van der Waals surface area contributed by atoms with Crippen molar-refractivity contribution in [3.63, 3.8) is 0 Å². The number of rotatable bonds is 7. The molecule has 0 atom stereocenters. The smallest absolute Gasteiger partial charge is 0.283 e. The number of alkyl halides is 2. The van der Waals surface area contributed by atoms with Gasteiger partial charge in [0.1, 0.15) is 6.61 Å². The molecule has 180 valence electrons. The number of nitrogens with zero attached hydrogens (tertiary/aromatic N) is 3. The molecular formula is C27H25ClF2N4O. The van der Waals surface area contributed by atoms with Crippen LogP contribution in [0.1, 0.15) is 11.1 Å². The van der Waals surface area contributed by atoms with Crippen molar-refractivity contribution in [1.29, 1.82) is 0 Å². The van der Waals surface area contributed by atoms with Gasteiger partial charge in [0.2, 0.25) is 0 Å². The normalized spacial score (nSPS) is 14.1. The Morgan fingerprint density at radius 3 is 2.69 bits per heavy atom. The molecule has 8 heteroatoms. The minimum absolute atomic E-state index is 0.420. The molecule has 0 bridgehead atoms. The van der Waals surface area contributed by atoms with Gasteiger partial charge in [-0.2, -0.15) is 0 Å². The lowest BCUT2D eigenvalue weighted by Crippen LogP contribution is -2.41. The molecule has 4 aromatic rings. The number of benzene rings is 3. The molecule has 1 aromatic heterocycles. The van der Waals surface area contributed by atoms with Crippen molar-refractivity contribution in [1.82, 2.24) is 14.5 Å². The average molecular weight is 495 g/mol. The lowest BCUT2D eigenvalue weighted by molar-refractivity contribution is -0.0749. The molecule has 0 saturated carbocycles. The van der Waals surface area contributed by atoms with E-state index in [4.69, 9.17) is 16.7 Å². The Morgan fingerprint density at radius 2 is 1.89 bits per heavy atom. The van der Waals surface area contributed by atoms with E-state index in [9.17, 15) is 8.78 Å². The third kappa shape index (κ3) is 5.22. The zero-order valence-electron chi connectivity index (χ0n) is 19.0. The third-order valence-electron chi connectivity index (χ3n) is 6.19. The van der Waals surface area contributed by atoms with Crippen LogP contribution in [-0.2, 0) is 13.0 Å². The first-order chi connectivity index (χ1) is 16.9. The van der Waals surface area contributed by atoms with Gasteiger partial charge in [-0.15, -0.1) is 0 Å². The van der Waals surface area contributed by atoms with Crippen LogP contribution in [0.2, 0.25) is 5.02 Å². The quantitative estimate of drug-likeness (QED) is 0.335. The first-order valence-corrected chi connectivity index (χ1v) is 11.8. The fraction of sp³-hybridized carbons (Fsp3) is 0.222. The second-order valence-corrected chi connectivity index (χ2v) is 9.15. The average Bonchev–Trinajstić information content (AvgIpc) is 3.36. The molecule has 0 saturated heterocycles. The number of aliphatic hydroxyl groups excluding tert-OH is 1. The van der Waals surface area contributed by atoms with Crippen molar-refractivity contribution in [3.8, 4) is 16.9 Å². The van der Waals surface area contributed by atoms with Crippen LogP contribution in [0, 0.1) is 0 Å². The van der Waals surface area contributed by atoms with Crippen molar-refractivity contribution in [2.75, 3.05) is 25.0 Å². The van der Waals surface area contributed by atoms with Crippen molar-refractivity contribution in [3.05, 3.63) is 95.4 Å². The molecule has 1 aliphatic heterocycles. The number of anilines is 2. The largest absolute Gasteiger partial charge is 0.390 e. The van der Waals surface area contributed by atoms with Gasteiger partial charge in [-0.3, -0.25) is 4.90 Å². The second-order valence-electron chi connectivity index (χ2n) is 8.74. The fourth-order valence-corrected chi connectivity index (χ4v) is 4.67.